The van der Waals surface area contributed by atoms with E-state index in [0.717, 1.165) is 44.0 Å². The van der Waals surface area contributed by atoms with Crippen LogP contribution >= 0.6 is 11.3 Å². The summed E-state index contributed by atoms with van der Waals surface area (Å²) in [6, 6.07) is 6.35. The van der Waals surface area contributed by atoms with Crippen LogP contribution in [0.2, 0.25) is 0 Å². The smallest absolute Gasteiger partial charge is 0.298 e. The van der Waals surface area contributed by atoms with Crippen LogP contribution in [0, 0.1) is 0 Å². The van der Waals surface area contributed by atoms with Crippen LogP contribution in [0.15, 0.2) is 29.2 Å². The highest BCUT2D eigenvalue weighted by Crippen LogP contribution is 2.30. The summed E-state index contributed by atoms with van der Waals surface area (Å²) in [5.41, 5.74) is 1.06. The molecule has 1 aliphatic heterocycles. The summed E-state index contributed by atoms with van der Waals surface area (Å²) in [6.07, 6.45) is 4.01. The van der Waals surface area contributed by atoms with E-state index < -0.39 is 0 Å². The molecule has 3 aromatic rings. The van der Waals surface area contributed by atoms with Crippen molar-refractivity contribution in [2.24, 2.45) is 7.05 Å². The topological polar surface area (TPSA) is 71.7 Å². The average molecular weight is 372 g/mol. The molecule has 0 radical (unpaired) electrons. The Kier molecular flexibility index (Phi) is 4.78. The Labute approximate surface area is 156 Å². The molecule has 3 aromatic heterocycles. The van der Waals surface area contributed by atoms with Crippen molar-refractivity contribution in [2.45, 2.75) is 38.8 Å². The third kappa shape index (κ3) is 3.26. The maximum absolute atomic E-state index is 12.2. The lowest BCUT2D eigenvalue weighted by molar-refractivity contribution is 0.196. The molecule has 0 spiro atoms. The zero-order valence-electron chi connectivity index (χ0n) is 15.2. The van der Waals surface area contributed by atoms with Crippen molar-refractivity contribution in [1.29, 1.82) is 0 Å². The van der Waals surface area contributed by atoms with Crippen LogP contribution in [0.4, 0.5) is 0 Å². The first-order valence-electron chi connectivity index (χ1n) is 9.10. The minimum atomic E-state index is -0.0120. The second-order valence-electron chi connectivity index (χ2n) is 6.82. The predicted octanol–water partition coefficient (Wildman–Crippen LogP) is 2.43. The number of aromatic amines is 1. The van der Waals surface area contributed by atoms with Gasteiger partial charge in [0, 0.05) is 43.7 Å². The van der Waals surface area contributed by atoms with Crippen molar-refractivity contribution in [2.75, 3.05) is 13.1 Å². The number of piperidine rings is 1. The van der Waals surface area contributed by atoms with Crippen molar-refractivity contribution in [3.63, 3.8) is 0 Å². The number of hydrogen-bond donors (Lipinski definition) is 1. The number of nitrogens with one attached hydrogen (secondary N) is 1. The molecule has 26 heavy (non-hydrogen) atoms. The molecule has 7 nitrogen and oxygen atoms in total. The Bertz CT molecular complexity index is 922. The highest BCUT2D eigenvalue weighted by Gasteiger charge is 2.26. The van der Waals surface area contributed by atoms with Crippen molar-refractivity contribution in [1.82, 2.24) is 29.4 Å². The first-order chi connectivity index (χ1) is 12.7. The monoisotopic (exact) mass is 372 g/mol. The summed E-state index contributed by atoms with van der Waals surface area (Å²) in [5, 5.41) is 11.6. The molecule has 0 unspecified atom stereocenters. The van der Waals surface area contributed by atoms with Crippen LogP contribution in [-0.2, 0) is 20.1 Å². The second-order valence-corrected chi connectivity index (χ2v) is 7.99. The maximum Gasteiger partial charge on any atom is 0.345 e. The van der Waals surface area contributed by atoms with Crippen LogP contribution in [-0.4, -0.2) is 42.5 Å². The molecule has 1 aliphatic rings. The molecule has 1 fully saturated rings. The molecule has 0 saturated carbocycles. The van der Waals surface area contributed by atoms with Gasteiger partial charge >= 0.3 is 5.69 Å². The van der Waals surface area contributed by atoms with E-state index in [9.17, 15) is 4.79 Å². The summed E-state index contributed by atoms with van der Waals surface area (Å²) in [5.74, 6) is 1.26. The van der Waals surface area contributed by atoms with Gasteiger partial charge in [-0.3, -0.25) is 14.6 Å². The molecule has 0 bridgehead atoms. The first kappa shape index (κ1) is 17.2. The number of likely N-dealkylation sites (tertiary alicyclic amines) is 1. The van der Waals surface area contributed by atoms with Gasteiger partial charge in [-0.25, -0.2) is 9.48 Å². The quantitative estimate of drug-likeness (QED) is 0.747. The zero-order valence-corrected chi connectivity index (χ0v) is 16.0. The van der Waals surface area contributed by atoms with Crippen molar-refractivity contribution < 1.29 is 0 Å². The van der Waals surface area contributed by atoms with Crippen molar-refractivity contribution in [3.8, 4) is 10.6 Å². The Morgan fingerprint density at radius 1 is 1.35 bits per heavy atom. The van der Waals surface area contributed by atoms with Gasteiger partial charge in [0.25, 0.3) is 0 Å². The minimum absolute atomic E-state index is 0.0120. The highest BCUT2D eigenvalue weighted by molar-refractivity contribution is 7.15. The molecule has 1 saturated heterocycles. The van der Waals surface area contributed by atoms with Gasteiger partial charge in [-0.15, -0.1) is 11.3 Å². The lowest BCUT2D eigenvalue weighted by Gasteiger charge is -2.31. The molecular formula is C18H24N6OS. The van der Waals surface area contributed by atoms with Crippen LogP contribution < -0.4 is 5.69 Å². The van der Waals surface area contributed by atoms with Crippen LogP contribution in [0.1, 0.15) is 36.4 Å². The number of aromatic nitrogens is 5. The SMILES string of the molecule is CCn1c([C@@H]2CCCN(Cc3ccc(-c4ccn[nH]4)s3)C2)nn(C)c1=O. The molecule has 0 amide bonds. The average Bonchev–Trinajstić information content (AvgIpc) is 3.37. The number of rotatable bonds is 5. The van der Waals surface area contributed by atoms with E-state index in [0.29, 0.717) is 12.5 Å². The van der Waals surface area contributed by atoms with E-state index in [4.69, 9.17) is 0 Å². The third-order valence-corrected chi connectivity index (χ3v) is 6.13. The Morgan fingerprint density at radius 3 is 3.00 bits per heavy atom. The van der Waals surface area contributed by atoms with Gasteiger partial charge in [0.1, 0.15) is 5.82 Å². The van der Waals surface area contributed by atoms with E-state index >= 15 is 0 Å². The van der Waals surface area contributed by atoms with E-state index in [1.807, 2.05) is 28.9 Å². The Morgan fingerprint density at radius 2 is 2.23 bits per heavy atom. The molecule has 138 valence electrons. The molecule has 0 aromatic carbocycles. The van der Waals surface area contributed by atoms with Crippen LogP contribution in [0.25, 0.3) is 10.6 Å². The van der Waals surface area contributed by atoms with Gasteiger partial charge in [0.15, 0.2) is 0 Å². The lowest BCUT2D eigenvalue weighted by Crippen LogP contribution is -2.35. The summed E-state index contributed by atoms with van der Waals surface area (Å²) in [6.45, 7) is 5.68. The first-order valence-corrected chi connectivity index (χ1v) is 9.92. The van der Waals surface area contributed by atoms with Gasteiger partial charge in [-0.05, 0) is 44.5 Å². The molecule has 1 N–H and O–H groups in total. The predicted molar refractivity (Wildman–Crippen MR) is 102 cm³/mol. The van der Waals surface area contributed by atoms with Gasteiger partial charge in [0.2, 0.25) is 0 Å². The minimum Gasteiger partial charge on any atom is -0.298 e. The number of H-pyrrole nitrogens is 1. The molecule has 8 heteroatoms. The van der Waals surface area contributed by atoms with Crippen LogP contribution in [0.3, 0.4) is 0 Å². The standard InChI is InChI=1S/C18H24N6OS/c1-3-24-17(21-22(2)18(24)25)13-5-4-10-23(11-13)12-14-6-7-16(26-14)15-8-9-19-20-15/h6-9,13H,3-5,10-12H2,1-2H3,(H,19,20)/t13-/m1/s1. The molecule has 0 aliphatic carbocycles. The van der Waals surface area contributed by atoms with E-state index in [1.54, 1.807) is 13.2 Å². The summed E-state index contributed by atoms with van der Waals surface area (Å²) < 4.78 is 3.28. The summed E-state index contributed by atoms with van der Waals surface area (Å²) >= 11 is 1.81. The lowest BCUT2D eigenvalue weighted by atomic mass is 9.97. The van der Waals surface area contributed by atoms with Gasteiger partial charge in [-0.1, -0.05) is 0 Å². The zero-order chi connectivity index (χ0) is 18.1. The largest absolute Gasteiger partial charge is 0.345 e. The summed E-state index contributed by atoms with van der Waals surface area (Å²) in [7, 11) is 1.74. The normalized spacial score (nSPS) is 18.5. The molecule has 1 atom stereocenters. The highest BCUT2D eigenvalue weighted by atomic mass is 32.1. The van der Waals surface area contributed by atoms with E-state index in [-0.39, 0.29) is 5.69 Å². The van der Waals surface area contributed by atoms with Gasteiger partial charge in [-0.2, -0.15) is 10.2 Å². The van der Waals surface area contributed by atoms with Crippen molar-refractivity contribution in [3.05, 3.63) is 45.6 Å². The van der Waals surface area contributed by atoms with E-state index in [1.165, 1.54) is 14.4 Å². The molecule has 4 rings (SSSR count). The van der Waals surface area contributed by atoms with Gasteiger partial charge < -0.3 is 0 Å². The number of hydrogen-bond acceptors (Lipinski definition) is 5. The van der Waals surface area contributed by atoms with Gasteiger partial charge in [0.05, 0.1) is 10.6 Å². The maximum atomic E-state index is 12.2. The van der Waals surface area contributed by atoms with Crippen molar-refractivity contribution >= 4 is 11.3 Å². The van der Waals surface area contributed by atoms with Crippen LogP contribution in [0.5, 0.6) is 0 Å². The molecule has 4 heterocycles. The Hall–Kier alpha value is -2.19. The number of aryl methyl sites for hydroxylation is 1. The fourth-order valence-corrected chi connectivity index (χ4v) is 4.78. The number of nitrogens with zero attached hydrogens (tertiary/aromatic N) is 5. The molecular weight excluding hydrogens is 348 g/mol. The Balaban J connectivity index is 1.48. The second kappa shape index (κ2) is 7.20. The van der Waals surface area contributed by atoms with E-state index in [2.05, 4.69) is 32.3 Å². The fraction of sp³-hybridized carbons (Fsp3) is 0.500. The third-order valence-electron chi connectivity index (χ3n) is 5.03. The number of thiophene rings is 1. The fourth-order valence-electron chi connectivity index (χ4n) is 3.75. The summed E-state index contributed by atoms with van der Waals surface area (Å²) in [4.78, 5) is 17.2.